The predicted octanol–water partition coefficient (Wildman–Crippen LogP) is 3.06. The molecule has 0 bridgehead atoms. The zero-order valence-electron chi connectivity index (χ0n) is 16.3. The van der Waals surface area contributed by atoms with Gasteiger partial charge >= 0.3 is 12.0 Å². The first-order chi connectivity index (χ1) is 14.9. The minimum Gasteiger partial charge on any atom is -0.478 e. The van der Waals surface area contributed by atoms with E-state index < -0.39 is 35.8 Å². The molecule has 1 aliphatic rings. The summed E-state index contributed by atoms with van der Waals surface area (Å²) < 4.78 is 0. The summed E-state index contributed by atoms with van der Waals surface area (Å²) in [5.74, 6) is -2.13. The molecule has 7 heteroatoms. The number of nitrogens with one attached hydrogen (secondary N) is 1. The molecule has 31 heavy (non-hydrogen) atoms. The summed E-state index contributed by atoms with van der Waals surface area (Å²) in [5.41, 5.74) is -0.0191. The number of Topliss-reactive ketones (excluding diaryl/α,β-unsaturated/α-hetero) is 1. The van der Waals surface area contributed by atoms with Crippen LogP contribution in [-0.2, 0) is 10.3 Å². The topological polar surface area (TPSA) is 104 Å². The summed E-state index contributed by atoms with van der Waals surface area (Å²) in [6.07, 6.45) is 0. The van der Waals surface area contributed by atoms with Crippen molar-refractivity contribution >= 4 is 23.7 Å². The van der Waals surface area contributed by atoms with E-state index in [4.69, 9.17) is 5.11 Å². The van der Waals surface area contributed by atoms with Gasteiger partial charge in [-0.2, -0.15) is 0 Å². The molecule has 3 aromatic carbocycles. The quantitative estimate of drug-likeness (QED) is 0.477. The van der Waals surface area contributed by atoms with E-state index in [1.54, 1.807) is 48.5 Å². The van der Waals surface area contributed by atoms with Gasteiger partial charge in [0.15, 0.2) is 11.3 Å². The Morgan fingerprint density at radius 3 is 1.74 bits per heavy atom. The van der Waals surface area contributed by atoms with Crippen molar-refractivity contribution in [3.63, 3.8) is 0 Å². The van der Waals surface area contributed by atoms with Gasteiger partial charge in [-0.05, 0) is 23.3 Å². The highest BCUT2D eigenvalue weighted by atomic mass is 16.4. The average Bonchev–Trinajstić information content (AvgIpc) is 3.06. The number of imide groups is 1. The van der Waals surface area contributed by atoms with Gasteiger partial charge in [-0.15, -0.1) is 0 Å². The van der Waals surface area contributed by atoms with Crippen molar-refractivity contribution < 1.29 is 24.3 Å². The predicted molar refractivity (Wildman–Crippen MR) is 112 cm³/mol. The molecule has 1 saturated heterocycles. The van der Waals surface area contributed by atoms with Crippen LogP contribution in [0.3, 0.4) is 0 Å². The third-order valence-corrected chi connectivity index (χ3v) is 5.27. The van der Waals surface area contributed by atoms with Gasteiger partial charge < -0.3 is 10.4 Å². The number of carbonyl (C=O) groups is 4. The largest absolute Gasteiger partial charge is 0.478 e. The number of carboxylic acids is 1. The van der Waals surface area contributed by atoms with E-state index in [0.717, 1.165) is 4.90 Å². The Morgan fingerprint density at radius 1 is 0.774 bits per heavy atom. The van der Waals surface area contributed by atoms with Crippen LogP contribution in [0.4, 0.5) is 4.79 Å². The van der Waals surface area contributed by atoms with Crippen molar-refractivity contribution in [2.45, 2.75) is 5.54 Å². The number of benzene rings is 3. The van der Waals surface area contributed by atoms with Gasteiger partial charge in [0.25, 0.3) is 5.91 Å². The third kappa shape index (κ3) is 3.46. The van der Waals surface area contributed by atoms with E-state index >= 15 is 0 Å². The first-order valence-electron chi connectivity index (χ1n) is 9.55. The number of carboxylic acid groups (broad SMARTS) is 1. The number of nitrogens with zero attached hydrogens (tertiary/aromatic N) is 1. The van der Waals surface area contributed by atoms with Gasteiger partial charge in [0.1, 0.15) is 0 Å². The zero-order chi connectivity index (χ0) is 22.0. The summed E-state index contributed by atoms with van der Waals surface area (Å²) >= 11 is 0. The zero-order valence-corrected chi connectivity index (χ0v) is 16.3. The second-order valence-corrected chi connectivity index (χ2v) is 7.11. The van der Waals surface area contributed by atoms with Crippen LogP contribution in [-0.4, -0.2) is 40.2 Å². The van der Waals surface area contributed by atoms with Crippen LogP contribution in [0.5, 0.6) is 0 Å². The normalized spacial score (nSPS) is 14.9. The Bertz CT molecular complexity index is 1120. The number of aromatic carboxylic acids is 1. The van der Waals surface area contributed by atoms with Crippen LogP contribution < -0.4 is 5.32 Å². The Hall–Kier alpha value is -4.26. The molecule has 1 heterocycles. The van der Waals surface area contributed by atoms with Gasteiger partial charge in [0.2, 0.25) is 0 Å². The van der Waals surface area contributed by atoms with E-state index in [0.29, 0.717) is 11.1 Å². The fourth-order valence-electron chi connectivity index (χ4n) is 3.69. The highest BCUT2D eigenvalue weighted by Crippen LogP contribution is 2.36. The van der Waals surface area contributed by atoms with E-state index in [2.05, 4.69) is 5.32 Å². The first-order valence-corrected chi connectivity index (χ1v) is 9.55. The SMILES string of the molecule is O=C(O)c1ccc(C(=O)CN2C(=O)NC(c3ccccc3)(c3ccccc3)C2=O)cc1. The molecule has 3 amide bonds. The Kier molecular flexibility index (Phi) is 5.09. The Morgan fingerprint density at radius 2 is 1.26 bits per heavy atom. The molecule has 1 aliphatic heterocycles. The van der Waals surface area contributed by atoms with Crippen molar-refractivity contribution in [3.05, 3.63) is 107 Å². The van der Waals surface area contributed by atoms with Crippen LogP contribution >= 0.6 is 0 Å². The number of carbonyl (C=O) groups excluding carboxylic acids is 3. The molecule has 4 rings (SSSR count). The average molecular weight is 414 g/mol. The summed E-state index contributed by atoms with van der Waals surface area (Å²) in [6, 6.07) is 22.4. The molecule has 0 atom stereocenters. The second kappa shape index (κ2) is 7.87. The monoisotopic (exact) mass is 414 g/mol. The van der Waals surface area contributed by atoms with Crippen LogP contribution in [0.2, 0.25) is 0 Å². The molecule has 7 nitrogen and oxygen atoms in total. The summed E-state index contributed by atoms with van der Waals surface area (Å²) in [4.78, 5) is 51.0. The second-order valence-electron chi connectivity index (χ2n) is 7.11. The van der Waals surface area contributed by atoms with Gasteiger partial charge in [-0.1, -0.05) is 72.8 Å². The maximum Gasteiger partial charge on any atom is 0.335 e. The summed E-state index contributed by atoms with van der Waals surface area (Å²) in [5, 5.41) is 11.8. The Labute approximate surface area is 177 Å². The number of hydrogen-bond acceptors (Lipinski definition) is 4. The number of rotatable bonds is 6. The number of amides is 3. The van der Waals surface area contributed by atoms with Gasteiger partial charge in [0.05, 0.1) is 12.1 Å². The molecule has 0 aliphatic carbocycles. The molecule has 0 radical (unpaired) electrons. The van der Waals surface area contributed by atoms with Crippen LogP contribution in [0, 0.1) is 0 Å². The first kappa shape index (κ1) is 20.0. The molecule has 0 aromatic heterocycles. The van der Waals surface area contributed by atoms with Gasteiger partial charge in [-0.25, -0.2) is 9.59 Å². The van der Waals surface area contributed by atoms with E-state index in [1.807, 2.05) is 12.1 Å². The van der Waals surface area contributed by atoms with Crippen molar-refractivity contribution in [1.29, 1.82) is 0 Å². The fourth-order valence-corrected chi connectivity index (χ4v) is 3.69. The van der Waals surface area contributed by atoms with Gasteiger partial charge in [0, 0.05) is 5.56 Å². The molecular formula is C24H18N2O5. The lowest BCUT2D eigenvalue weighted by Gasteiger charge is -2.28. The van der Waals surface area contributed by atoms with Crippen molar-refractivity contribution in [3.8, 4) is 0 Å². The molecule has 3 aromatic rings. The van der Waals surface area contributed by atoms with Crippen LogP contribution in [0.25, 0.3) is 0 Å². The molecule has 0 unspecified atom stereocenters. The number of urea groups is 1. The van der Waals surface area contributed by atoms with E-state index in [9.17, 15) is 19.2 Å². The van der Waals surface area contributed by atoms with E-state index in [-0.39, 0.29) is 11.1 Å². The fraction of sp³-hybridized carbons (Fsp3) is 0.0833. The molecule has 0 saturated carbocycles. The van der Waals surface area contributed by atoms with E-state index in [1.165, 1.54) is 24.3 Å². The van der Waals surface area contributed by atoms with Crippen molar-refractivity contribution in [1.82, 2.24) is 10.2 Å². The van der Waals surface area contributed by atoms with Crippen molar-refractivity contribution in [2.24, 2.45) is 0 Å². The standard InChI is InChI=1S/C24H18N2O5/c27-20(16-11-13-17(14-12-16)21(28)29)15-26-22(30)24(25-23(26)31,18-7-3-1-4-8-18)19-9-5-2-6-10-19/h1-14H,15H2,(H,25,31)(H,28,29). The van der Waals surface area contributed by atoms with Gasteiger partial charge in [-0.3, -0.25) is 14.5 Å². The highest BCUT2D eigenvalue weighted by Gasteiger charge is 2.54. The maximum absolute atomic E-state index is 13.6. The molecular weight excluding hydrogens is 396 g/mol. The molecule has 2 N–H and O–H groups in total. The van der Waals surface area contributed by atoms with Crippen molar-refractivity contribution in [2.75, 3.05) is 6.54 Å². The lowest BCUT2D eigenvalue weighted by molar-refractivity contribution is -0.129. The smallest absolute Gasteiger partial charge is 0.335 e. The molecule has 0 spiro atoms. The minimum absolute atomic E-state index is 0.0405. The lowest BCUT2D eigenvalue weighted by Crippen LogP contribution is -2.45. The summed E-state index contributed by atoms with van der Waals surface area (Å²) in [6.45, 7) is -0.460. The molecule has 154 valence electrons. The lowest BCUT2D eigenvalue weighted by atomic mass is 9.82. The number of hydrogen-bond donors (Lipinski definition) is 2. The van der Waals surface area contributed by atoms with Crippen LogP contribution in [0.1, 0.15) is 31.8 Å². The molecule has 1 fully saturated rings. The minimum atomic E-state index is -1.44. The summed E-state index contributed by atoms with van der Waals surface area (Å²) in [7, 11) is 0. The Balaban J connectivity index is 1.68. The maximum atomic E-state index is 13.6. The number of ketones is 1. The third-order valence-electron chi connectivity index (χ3n) is 5.27. The van der Waals surface area contributed by atoms with Crippen LogP contribution in [0.15, 0.2) is 84.9 Å². The highest BCUT2D eigenvalue weighted by molar-refractivity contribution is 6.13.